The Morgan fingerprint density at radius 3 is 2.76 bits per heavy atom. The standard InChI is InChI=1S/C22H26O3/c1-24-16-11-14-7-3-5-9-17(14)19(13-16)21-18-10-6-4-8-15(18)12-20(25-2)22(21)23/h3,5,7,9-11,13,15,20-23H,4,6,8,12H2,1-2H3. The minimum Gasteiger partial charge on any atom is -0.497 e. The van der Waals surface area contributed by atoms with E-state index in [4.69, 9.17) is 9.47 Å². The van der Waals surface area contributed by atoms with E-state index in [1.807, 2.05) is 6.07 Å². The SMILES string of the molecule is COc1cc(C2C3=CCCCC3CC(OC)C2O)c2ccccc2c1. The van der Waals surface area contributed by atoms with E-state index in [2.05, 4.69) is 36.4 Å². The second-order valence-corrected chi connectivity index (χ2v) is 7.25. The van der Waals surface area contributed by atoms with Crippen molar-refractivity contribution in [3.63, 3.8) is 0 Å². The molecule has 1 saturated carbocycles. The van der Waals surface area contributed by atoms with Crippen LogP contribution in [0.4, 0.5) is 0 Å². The summed E-state index contributed by atoms with van der Waals surface area (Å²) < 4.78 is 11.2. The predicted molar refractivity (Wildman–Crippen MR) is 100 cm³/mol. The number of rotatable bonds is 3. The van der Waals surface area contributed by atoms with Crippen LogP contribution in [0.2, 0.25) is 0 Å². The van der Waals surface area contributed by atoms with Crippen LogP contribution >= 0.6 is 0 Å². The number of methoxy groups -OCH3 is 2. The first kappa shape index (κ1) is 16.6. The summed E-state index contributed by atoms with van der Waals surface area (Å²) in [5.41, 5.74) is 2.55. The van der Waals surface area contributed by atoms with Gasteiger partial charge in [-0.25, -0.2) is 0 Å². The lowest BCUT2D eigenvalue weighted by atomic mass is 9.66. The molecule has 0 aliphatic heterocycles. The van der Waals surface area contributed by atoms with Crippen molar-refractivity contribution in [1.82, 2.24) is 0 Å². The van der Waals surface area contributed by atoms with E-state index in [9.17, 15) is 5.11 Å². The maximum absolute atomic E-state index is 11.1. The lowest BCUT2D eigenvalue weighted by molar-refractivity contribution is -0.0474. The van der Waals surface area contributed by atoms with Crippen molar-refractivity contribution >= 4 is 10.8 Å². The summed E-state index contributed by atoms with van der Waals surface area (Å²) in [6.45, 7) is 0. The van der Waals surface area contributed by atoms with Gasteiger partial charge in [0, 0.05) is 13.0 Å². The van der Waals surface area contributed by atoms with Crippen LogP contribution < -0.4 is 4.74 Å². The van der Waals surface area contributed by atoms with E-state index in [1.165, 1.54) is 23.8 Å². The maximum Gasteiger partial charge on any atom is 0.119 e. The number of allylic oxidation sites excluding steroid dienone is 1. The van der Waals surface area contributed by atoms with Crippen molar-refractivity contribution in [3.05, 3.63) is 53.6 Å². The zero-order valence-corrected chi connectivity index (χ0v) is 14.9. The minimum absolute atomic E-state index is 0.0241. The van der Waals surface area contributed by atoms with E-state index in [1.54, 1.807) is 14.2 Å². The van der Waals surface area contributed by atoms with Crippen molar-refractivity contribution in [2.75, 3.05) is 14.2 Å². The van der Waals surface area contributed by atoms with Crippen molar-refractivity contribution in [3.8, 4) is 5.75 Å². The first-order chi connectivity index (χ1) is 12.2. The number of fused-ring (bicyclic) bond motifs is 2. The van der Waals surface area contributed by atoms with E-state index >= 15 is 0 Å². The zero-order chi connectivity index (χ0) is 17.4. The lowest BCUT2D eigenvalue weighted by Crippen LogP contribution is -2.43. The fraction of sp³-hybridized carbons (Fsp3) is 0.455. The Balaban J connectivity index is 1.91. The molecule has 0 bridgehead atoms. The average Bonchev–Trinajstić information content (AvgIpc) is 2.66. The Hall–Kier alpha value is -1.84. The number of aliphatic hydroxyl groups excluding tert-OH is 1. The molecule has 4 rings (SSSR count). The van der Waals surface area contributed by atoms with Crippen molar-refractivity contribution in [2.24, 2.45) is 5.92 Å². The van der Waals surface area contributed by atoms with Gasteiger partial charge in [0.25, 0.3) is 0 Å². The van der Waals surface area contributed by atoms with Gasteiger partial charge < -0.3 is 14.6 Å². The van der Waals surface area contributed by atoms with Crippen LogP contribution in [0, 0.1) is 5.92 Å². The van der Waals surface area contributed by atoms with E-state index in [-0.39, 0.29) is 12.0 Å². The van der Waals surface area contributed by atoms with Gasteiger partial charge in [0.15, 0.2) is 0 Å². The van der Waals surface area contributed by atoms with Crippen LogP contribution in [-0.4, -0.2) is 31.5 Å². The molecule has 4 atom stereocenters. The molecule has 1 N–H and O–H groups in total. The second-order valence-electron chi connectivity index (χ2n) is 7.25. The van der Waals surface area contributed by atoms with Crippen molar-refractivity contribution in [1.29, 1.82) is 0 Å². The normalized spacial score (nSPS) is 29.2. The van der Waals surface area contributed by atoms with Gasteiger partial charge in [0.05, 0.1) is 19.3 Å². The highest BCUT2D eigenvalue weighted by Gasteiger charge is 2.42. The van der Waals surface area contributed by atoms with Gasteiger partial charge in [-0.1, -0.05) is 35.9 Å². The molecular weight excluding hydrogens is 312 g/mol. The van der Waals surface area contributed by atoms with Crippen LogP contribution in [0.25, 0.3) is 10.8 Å². The molecule has 0 saturated heterocycles. The summed E-state index contributed by atoms with van der Waals surface area (Å²) in [7, 11) is 3.41. The Morgan fingerprint density at radius 2 is 1.96 bits per heavy atom. The topological polar surface area (TPSA) is 38.7 Å². The van der Waals surface area contributed by atoms with Crippen LogP contribution in [0.5, 0.6) is 5.75 Å². The molecule has 2 aromatic rings. The van der Waals surface area contributed by atoms with Gasteiger partial charge in [-0.2, -0.15) is 0 Å². The first-order valence-corrected chi connectivity index (χ1v) is 9.20. The van der Waals surface area contributed by atoms with Gasteiger partial charge in [-0.05, 0) is 60.1 Å². The zero-order valence-electron chi connectivity index (χ0n) is 14.9. The molecule has 4 unspecified atom stereocenters. The summed E-state index contributed by atoms with van der Waals surface area (Å²) in [5.74, 6) is 1.33. The molecule has 132 valence electrons. The van der Waals surface area contributed by atoms with E-state index in [0.29, 0.717) is 5.92 Å². The summed E-state index contributed by atoms with van der Waals surface area (Å²) in [4.78, 5) is 0. The Morgan fingerprint density at radius 1 is 1.12 bits per heavy atom. The fourth-order valence-electron chi connectivity index (χ4n) is 4.72. The quantitative estimate of drug-likeness (QED) is 0.841. The highest BCUT2D eigenvalue weighted by atomic mass is 16.5. The van der Waals surface area contributed by atoms with Crippen molar-refractivity contribution < 1.29 is 14.6 Å². The summed E-state index contributed by atoms with van der Waals surface area (Å²) in [5, 5.41) is 13.5. The molecule has 0 aromatic heterocycles. The monoisotopic (exact) mass is 338 g/mol. The van der Waals surface area contributed by atoms with Gasteiger partial charge in [0.1, 0.15) is 5.75 Å². The Labute approximate surface area is 149 Å². The molecule has 2 aliphatic rings. The molecule has 3 heteroatoms. The van der Waals surface area contributed by atoms with Gasteiger partial charge in [-0.3, -0.25) is 0 Å². The van der Waals surface area contributed by atoms with Gasteiger partial charge in [-0.15, -0.1) is 0 Å². The summed E-state index contributed by atoms with van der Waals surface area (Å²) in [6.07, 6.45) is 6.17. The highest BCUT2D eigenvalue weighted by Crippen LogP contribution is 2.48. The molecule has 1 fully saturated rings. The number of hydrogen-bond acceptors (Lipinski definition) is 3. The number of ether oxygens (including phenoxy) is 2. The van der Waals surface area contributed by atoms with Crippen LogP contribution in [-0.2, 0) is 4.74 Å². The van der Waals surface area contributed by atoms with Crippen LogP contribution in [0.15, 0.2) is 48.0 Å². The molecule has 3 nitrogen and oxygen atoms in total. The number of benzene rings is 2. The van der Waals surface area contributed by atoms with E-state index < -0.39 is 6.10 Å². The highest BCUT2D eigenvalue weighted by molar-refractivity contribution is 5.88. The molecule has 0 amide bonds. The van der Waals surface area contributed by atoms with Crippen LogP contribution in [0.3, 0.4) is 0 Å². The minimum atomic E-state index is -0.527. The van der Waals surface area contributed by atoms with Gasteiger partial charge in [0.2, 0.25) is 0 Å². The second kappa shape index (κ2) is 6.81. The number of aliphatic hydroxyl groups is 1. The third-order valence-corrected chi connectivity index (χ3v) is 5.95. The Kier molecular flexibility index (Phi) is 4.53. The number of hydrogen-bond donors (Lipinski definition) is 1. The molecule has 25 heavy (non-hydrogen) atoms. The molecular formula is C22H26O3. The van der Waals surface area contributed by atoms with Crippen molar-refractivity contribution in [2.45, 2.75) is 43.8 Å². The molecule has 2 aromatic carbocycles. The summed E-state index contributed by atoms with van der Waals surface area (Å²) in [6, 6.07) is 12.5. The van der Waals surface area contributed by atoms with Gasteiger partial charge >= 0.3 is 0 Å². The average molecular weight is 338 g/mol. The first-order valence-electron chi connectivity index (χ1n) is 9.20. The molecule has 0 spiro atoms. The summed E-state index contributed by atoms with van der Waals surface area (Å²) >= 11 is 0. The Bertz CT molecular complexity index is 795. The predicted octanol–water partition coefficient (Wildman–Crippen LogP) is 4.44. The van der Waals surface area contributed by atoms with E-state index in [0.717, 1.165) is 29.5 Å². The largest absolute Gasteiger partial charge is 0.497 e. The molecule has 0 radical (unpaired) electrons. The smallest absolute Gasteiger partial charge is 0.119 e. The fourth-order valence-corrected chi connectivity index (χ4v) is 4.72. The van der Waals surface area contributed by atoms with Crippen LogP contribution in [0.1, 0.15) is 37.2 Å². The third kappa shape index (κ3) is 2.86. The lowest BCUT2D eigenvalue weighted by Gasteiger charge is -2.43. The molecule has 2 aliphatic carbocycles. The molecule has 0 heterocycles. The maximum atomic E-state index is 11.1. The third-order valence-electron chi connectivity index (χ3n) is 5.95.